The van der Waals surface area contributed by atoms with Crippen molar-refractivity contribution in [3.63, 3.8) is 0 Å². The van der Waals surface area contributed by atoms with E-state index in [1.165, 1.54) is 0 Å². The SMILES string of the molecule is CN(Cc1ccc2nonc2c1)C(=O)[C@@H]1CCCN1C1CCNCC1. The number of fused-ring (bicyclic) bond motifs is 1. The highest BCUT2D eigenvalue weighted by Crippen LogP contribution is 2.26. The fourth-order valence-electron chi connectivity index (χ4n) is 4.16. The van der Waals surface area contributed by atoms with Gasteiger partial charge in [-0.2, -0.15) is 0 Å². The number of piperidine rings is 1. The van der Waals surface area contributed by atoms with Crippen molar-refractivity contribution in [2.45, 2.75) is 44.3 Å². The van der Waals surface area contributed by atoms with Crippen molar-refractivity contribution in [1.82, 2.24) is 25.4 Å². The molecule has 2 saturated heterocycles. The lowest BCUT2D eigenvalue weighted by Crippen LogP contribution is -2.50. The van der Waals surface area contributed by atoms with Gasteiger partial charge in [-0.15, -0.1) is 0 Å². The molecule has 0 aliphatic carbocycles. The molecule has 1 aromatic heterocycles. The third-order valence-corrected chi connectivity index (χ3v) is 5.47. The van der Waals surface area contributed by atoms with Crippen LogP contribution < -0.4 is 5.32 Å². The molecule has 25 heavy (non-hydrogen) atoms. The predicted molar refractivity (Wildman–Crippen MR) is 93.9 cm³/mol. The third-order valence-electron chi connectivity index (χ3n) is 5.47. The maximum Gasteiger partial charge on any atom is 0.239 e. The van der Waals surface area contributed by atoms with E-state index in [1.807, 2.05) is 30.1 Å². The number of hydrogen-bond donors (Lipinski definition) is 1. The first-order valence-corrected chi connectivity index (χ1v) is 9.15. The van der Waals surface area contributed by atoms with Crippen molar-refractivity contribution >= 4 is 16.9 Å². The maximum atomic E-state index is 13.0. The zero-order valence-corrected chi connectivity index (χ0v) is 14.6. The number of hydrogen-bond acceptors (Lipinski definition) is 6. The molecule has 134 valence electrons. The molecular weight excluding hydrogens is 318 g/mol. The lowest BCUT2D eigenvalue weighted by atomic mass is 10.0. The number of nitrogens with zero attached hydrogens (tertiary/aromatic N) is 4. The van der Waals surface area contributed by atoms with Gasteiger partial charge in [0, 0.05) is 19.6 Å². The van der Waals surface area contributed by atoms with E-state index in [9.17, 15) is 4.79 Å². The second-order valence-electron chi connectivity index (χ2n) is 7.16. The van der Waals surface area contributed by atoms with E-state index >= 15 is 0 Å². The first kappa shape index (κ1) is 16.5. The molecule has 1 amide bonds. The largest absolute Gasteiger partial charge is 0.340 e. The first-order valence-electron chi connectivity index (χ1n) is 9.15. The molecule has 1 atom stereocenters. The van der Waals surface area contributed by atoms with Crippen LogP contribution in [0.15, 0.2) is 22.8 Å². The number of carbonyl (C=O) groups excluding carboxylic acids is 1. The van der Waals surface area contributed by atoms with Crippen molar-refractivity contribution in [3.8, 4) is 0 Å². The number of likely N-dealkylation sites (N-methyl/N-ethyl adjacent to an activating group) is 1. The van der Waals surface area contributed by atoms with Crippen LogP contribution in [0.25, 0.3) is 11.0 Å². The number of carbonyl (C=O) groups is 1. The van der Waals surface area contributed by atoms with Crippen LogP contribution >= 0.6 is 0 Å². The van der Waals surface area contributed by atoms with Crippen LogP contribution in [-0.2, 0) is 11.3 Å². The number of amides is 1. The van der Waals surface area contributed by atoms with Gasteiger partial charge < -0.3 is 10.2 Å². The van der Waals surface area contributed by atoms with Gasteiger partial charge in [-0.3, -0.25) is 9.69 Å². The summed E-state index contributed by atoms with van der Waals surface area (Å²) in [6.07, 6.45) is 4.37. The standard InChI is InChI=1S/C18H25N5O2/c1-22(12-13-4-5-15-16(11-13)21-25-20-15)18(24)17-3-2-10-23(17)14-6-8-19-9-7-14/h4-5,11,14,17,19H,2-3,6-10,12H2,1H3/t17-/m0/s1. The van der Waals surface area contributed by atoms with Gasteiger partial charge in [-0.25, -0.2) is 4.63 Å². The molecule has 0 saturated carbocycles. The van der Waals surface area contributed by atoms with E-state index in [0.717, 1.165) is 61.9 Å². The molecule has 1 N–H and O–H groups in total. The van der Waals surface area contributed by atoms with Crippen LogP contribution in [0.3, 0.4) is 0 Å². The quantitative estimate of drug-likeness (QED) is 0.904. The second-order valence-corrected chi connectivity index (χ2v) is 7.16. The molecule has 3 heterocycles. The lowest BCUT2D eigenvalue weighted by Gasteiger charge is -2.36. The number of likely N-dealkylation sites (tertiary alicyclic amines) is 1. The number of nitrogens with one attached hydrogen (secondary N) is 1. The molecule has 0 radical (unpaired) electrons. The van der Waals surface area contributed by atoms with Crippen LogP contribution in [0.5, 0.6) is 0 Å². The van der Waals surface area contributed by atoms with E-state index in [1.54, 1.807) is 0 Å². The van der Waals surface area contributed by atoms with Gasteiger partial charge in [0.2, 0.25) is 5.91 Å². The summed E-state index contributed by atoms with van der Waals surface area (Å²) in [4.78, 5) is 17.3. The molecule has 0 bridgehead atoms. The third kappa shape index (κ3) is 3.39. The molecule has 7 heteroatoms. The maximum absolute atomic E-state index is 13.0. The fourth-order valence-corrected chi connectivity index (χ4v) is 4.16. The Kier molecular flexibility index (Phi) is 4.67. The number of rotatable bonds is 4. The highest BCUT2D eigenvalue weighted by molar-refractivity contribution is 5.82. The van der Waals surface area contributed by atoms with Crippen molar-refractivity contribution in [2.75, 3.05) is 26.7 Å². The molecule has 2 aliphatic rings. The zero-order chi connectivity index (χ0) is 17.2. The highest BCUT2D eigenvalue weighted by Gasteiger charge is 2.36. The van der Waals surface area contributed by atoms with E-state index in [0.29, 0.717) is 12.6 Å². The molecule has 1 aromatic carbocycles. The summed E-state index contributed by atoms with van der Waals surface area (Å²) in [5.41, 5.74) is 2.52. The Morgan fingerprint density at radius 1 is 1.28 bits per heavy atom. The summed E-state index contributed by atoms with van der Waals surface area (Å²) in [6.45, 7) is 3.75. The minimum atomic E-state index is 0.0329. The van der Waals surface area contributed by atoms with Gasteiger partial charge in [-0.05, 0) is 73.3 Å². The summed E-state index contributed by atoms with van der Waals surface area (Å²) in [6, 6.07) is 6.38. The van der Waals surface area contributed by atoms with E-state index in [2.05, 4.69) is 20.5 Å². The number of aromatic nitrogens is 2. The van der Waals surface area contributed by atoms with Crippen molar-refractivity contribution in [3.05, 3.63) is 23.8 Å². The topological polar surface area (TPSA) is 74.5 Å². The second kappa shape index (κ2) is 7.09. The minimum absolute atomic E-state index is 0.0329. The van der Waals surface area contributed by atoms with Crippen molar-refractivity contribution in [2.24, 2.45) is 0 Å². The van der Waals surface area contributed by atoms with E-state index in [4.69, 9.17) is 4.63 Å². The Morgan fingerprint density at radius 2 is 2.08 bits per heavy atom. The first-order chi connectivity index (χ1) is 12.2. The molecule has 2 fully saturated rings. The Bertz CT molecular complexity index is 740. The van der Waals surface area contributed by atoms with Gasteiger partial charge in [0.1, 0.15) is 11.0 Å². The zero-order valence-electron chi connectivity index (χ0n) is 14.6. The van der Waals surface area contributed by atoms with Gasteiger partial charge in [0.25, 0.3) is 0 Å². The summed E-state index contributed by atoms with van der Waals surface area (Å²) in [7, 11) is 1.90. The molecule has 0 unspecified atom stereocenters. The Balaban J connectivity index is 1.43. The predicted octanol–water partition coefficient (Wildman–Crippen LogP) is 1.40. The van der Waals surface area contributed by atoms with Crippen molar-refractivity contribution < 1.29 is 9.42 Å². The van der Waals surface area contributed by atoms with Gasteiger partial charge >= 0.3 is 0 Å². The minimum Gasteiger partial charge on any atom is -0.340 e. The van der Waals surface area contributed by atoms with E-state index < -0.39 is 0 Å². The van der Waals surface area contributed by atoms with Gasteiger partial charge in [0.05, 0.1) is 6.04 Å². The van der Waals surface area contributed by atoms with Crippen molar-refractivity contribution in [1.29, 1.82) is 0 Å². The van der Waals surface area contributed by atoms with Crippen LogP contribution in [0.1, 0.15) is 31.2 Å². The molecule has 2 aliphatic heterocycles. The molecule has 7 nitrogen and oxygen atoms in total. The Hall–Kier alpha value is -1.99. The van der Waals surface area contributed by atoms with Crippen LogP contribution in [0.4, 0.5) is 0 Å². The normalized spacial score (nSPS) is 22.5. The molecule has 0 spiro atoms. The van der Waals surface area contributed by atoms with Crippen LogP contribution in [0.2, 0.25) is 0 Å². The monoisotopic (exact) mass is 343 g/mol. The Morgan fingerprint density at radius 3 is 2.92 bits per heavy atom. The molecular formula is C18H25N5O2. The van der Waals surface area contributed by atoms with Gasteiger partial charge in [-0.1, -0.05) is 6.07 Å². The average Bonchev–Trinajstić information content (AvgIpc) is 3.30. The summed E-state index contributed by atoms with van der Waals surface area (Å²) < 4.78 is 4.74. The van der Waals surface area contributed by atoms with Crippen LogP contribution in [-0.4, -0.2) is 64.8 Å². The molecule has 2 aromatic rings. The Labute approximate surface area is 147 Å². The summed E-state index contributed by atoms with van der Waals surface area (Å²) >= 11 is 0. The lowest BCUT2D eigenvalue weighted by molar-refractivity contribution is -0.136. The highest BCUT2D eigenvalue weighted by atomic mass is 16.6. The smallest absolute Gasteiger partial charge is 0.239 e. The molecule has 4 rings (SSSR count). The van der Waals surface area contributed by atoms with Gasteiger partial charge in [0.15, 0.2) is 0 Å². The van der Waals surface area contributed by atoms with Crippen LogP contribution in [0, 0.1) is 0 Å². The van der Waals surface area contributed by atoms with E-state index in [-0.39, 0.29) is 11.9 Å². The summed E-state index contributed by atoms with van der Waals surface area (Å²) in [5, 5.41) is 11.1. The summed E-state index contributed by atoms with van der Waals surface area (Å²) in [5.74, 6) is 0.231. The fraction of sp³-hybridized carbons (Fsp3) is 0.611. The average molecular weight is 343 g/mol. The number of benzene rings is 1.